The molecule has 1 unspecified atom stereocenters. The zero-order valence-electron chi connectivity index (χ0n) is 12.8. The van der Waals surface area contributed by atoms with E-state index in [2.05, 4.69) is 47.0 Å². The van der Waals surface area contributed by atoms with Crippen molar-refractivity contribution in [3.05, 3.63) is 22.4 Å². The first-order valence-electron chi connectivity index (χ1n) is 7.35. The van der Waals surface area contributed by atoms with E-state index in [-0.39, 0.29) is 36.0 Å². The van der Waals surface area contributed by atoms with Gasteiger partial charge >= 0.3 is 0 Å². The average molecular weight is 423 g/mol. The van der Waals surface area contributed by atoms with Gasteiger partial charge in [-0.25, -0.2) is 0 Å². The smallest absolute Gasteiger partial charge is 0.191 e. The first-order valence-corrected chi connectivity index (χ1v) is 8.23. The summed E-state index contributed by atoms with van der Waals surface area (Å²) < 4.78 is 0. The molecule has 0 spiro atoms. The monoisotopic (exact) mass is 423 g/mol. The SMILES string of the molecule is CCNC(=NCC1(CO)CC1)NCC(C)c1cccs1.I. The van der Waals surface area contributed by atoms with Crippen molar-refractivity contribution in [3.63, 3.8) is 0 Å². The summed E-state index contributed by atoms with van der Waals surface area (Å²) in [6.45, 7) is 6.98. The molecule has 0 radical (unpaired) electrons. The van der Waals surface area contributed by atoms with E-state index >= 15 is 0 Å². The molecule has 0 amide bonds. The first-order chi connectivity index (χ1) is 9.69. The maximum Gasteiger partial charge on any atom is 0.191 e. The van der Waals surface area contributed by atoms with Gasteiger partial charge in [0.1, 0.15) is 0 Å². The van der Waals surface area contributed by atoms with Crippen molar-refractivity contribution in [3.8, 4) is 0 Å². The molecule has 0 aromatic carbocycles. The Morgan fingerprint density at radius 2 is 2.24 bits per heavy atom. The average Bonchev–Trinajstić information content (AvgIpc) is 3.03. The topological polar surface area (TPSA) is 56.7 Å². The Hall–Kier alpha value is -0.340. The van der Waals surface area contributed by atoms with Crippen LogP contribution in [0.15, 0.2) is 22.5 Å². The fraction of sp³-hybridized carbons (Fsp3) is 0.667. The van der Waals surface area contributed by atoms with Crippen molar-refractivity contribution in [2.75, 3.05) is 26.2 Å². The van der Waals surface area contributed by atoms with Gasteiger partial charge in [0.2, 0.25) is 0 Å². The van der Waals surface area contributed by atoms with E-state index in [0.717, 1.165) is 31.9 Å². The molecule has 21 heavy (non-hydrogen) atoms. The van der Waals surface area contributed by atoms with E-state index < -0.39 is 0 Å². The van der Waals surface area contributed by atoms with E-state index in [4.69, 9.17) is 0 Å². The Morgan fingerprint density at radius 1 is 1.48 bits per heavy atom. The highest BCUT2D eigenvalue weighted by molar-refractivity contribution is 14.0. The van der Waals surface area contributed by atoms with Crippen LogP contribution in [0, 0.1) is 5.41 Å². The fourth-order valence-corrected chi connectivity index (χ4v) is 2.84. The maximum atomic E-state index is 9.33. The largest absolute Gasteiger partial charge is 0.396 e. The van der Waals surface area contributed by atoms with Crippen LogP contribution in [0.4, 0.5) is 0 Å². The molecule has 4 nitrogen and oxygen atoms in total. The van der Waals surface area contributed by atoms with Crippen LogP contribution in [0.25, 0.3) is 0 Å². The lowest BCUT2D eigenvalue weighted by molar-refractivity contribution is 0.217. The molecule has 1 aliphatic carbocycles. The summed E-state index contributed by atoms with van der Waals surface area (Å²) in [5, 5.41) is 18.1. The molecular weight excluding hydrogens is 397 g/mol. The molecule has 1 saturated carbocycles. The lowest BCUT2D eigenvalue weighted by Crippen LogP contribution is -2.39. The zero-order valence-corrected chi connectivity index (χ0v) is 15.9. The van der Waals surface area contributed by atoms with Gasteiger partial charge in [-0.15, -0.1) is 35.3 Å². The summed E-state index contributed by atoms with van der Waals surface area (Å²) in [4.78, 5) is 6.00. The van der Waals surface area contributed by atoms with Gasteiger partial charge in [0.25, 0.3) is 0 Å². The summed E-state index contributed by atoms with van der Waals surface area (Å²) in [5.74, 6) is 1.34. The highest BCUT2D eigenvalue weighted by Gasteiger charge is 2.41. The van der Waals surface area contributed by atoms with Gasteiger partial charge in [-0.1, -0.05) is 13.0 Å². The highest BCUT2D eigenvalue weighted by Crippen LogP contribution is 2.45. The van der Waals surface area contributed by atoms with Crippen molar-refractivity contribution in [1.29, 1.82) is 0 Å². The third-order valence-electron chi connectivity index (χ3n) is 3.81. The van der Waals surface area contributed by atoms with Crippen molar-refractivity contribution in [1.82, 2.24) is 10.6 Å². The minimum absolute atomic E-state index is 0. The molecule has 1 atom stereocenters. The number of hydrogen-bond acceptors (Lipinski definition) is 3. The van der Waals surface area contributed by atoms with Gasteiger partial charge in [-0.2, -0.15) is 0 Å². The fourth-order valence-electron chi connectivity index (χ4n) is 2.05. The summed E-state index contributed by atoms with van der Waals surface area (Å²) in [7, 11) is 0. The number of aliphatic hydroxyl groups excluding tert-OH is 1. The molecule has 1 heterocycles. The molecule has 3 N–H and O–H groups in total. The Kier molecular flexibility index (Phi) is 7.97. The van der Waals surface area contributed by atoms with Crippen molar-refractivity contribution in [2.45, 2.75) is 32.6 Å². The van der Waals surface area contributed by atoms with Crippen LogP contribution in [-0.4, -0.2) is 37.3 Å². The number of rotatable bonds is 7. The van der Waals surface area contributed by atoms with Gasteiger partial charge in [-0.05, 0) is 31.2 Å². The minimum atomic E-state index is 0. The van der Waals surface area contributed by atoms with Gasteiger partial charge in [-0.3, -0.25) is 4.99 Å². The number of thiophene rings is 1. The third kappa shape index (κ3) is 5.75. The normalized spacial score (nSPS) is 17.8. The second-order valence-corrected chi connectivity index (χ2v) is 6.63. The quantitative estimate of drug-likeness (QED) is 0.359. The zero-order chi connectivity index (χ0) is 14.4. The second kappa shape index (κ2) is 8.95. The number of guanidine groups is 1. The standard InChI is InChI=1S/C15H25N3OS.HI/c1-3-16-14(18-10-15(11-19)6-7-15)17-9-12(2)13-5-4-8-20-13;/h4-5,8,12,19H,3,6-7,9-11H2,1-2H3,(H2,16,17,18);1H. The Balaban J connectivity index is 0.00000220. The summed E-state index contributed by atoms with van der Waals surface area (Å²) in [6, 6.07) is 4.26. The van der Waals surface area contributed by atoms with Crippen LogP contribution < -0.4 is 10.6 Å². The number of nitrogens with one attached hydrogen (secondary N) is 2. The van der Waals surface area contributed by atoms with E-state index in [0.29, 0.717) is 12.5 Å². The predicted octanol–water partition coefficient (Wildman–Crippen LogP) is 2.80. The molecule has 1 aliphatic rings. The summed E-state index contributed by atoms with van der Waals surface area (Å²) in [5.41, 5.74) is 0.0712. The van der Waals surface area contributed by atoms with Crippen molar-refractivity contribution >= 4 is 41.3 Å². The van der Waals surface area contributed by atoms with Crippen LogP contribution in [0.2, 0.25) is 0 Å². The second-order valence-electron chi connectivity index (χ2n) is 5.65. The van der Waals surface area contributed by atoms with Crippen molar-refractivity contribution in [2.24, 2.45) is 10.4 Å². The van der Waals surface area contributed by atoms with E-state index in [9.17, 15) is 5.11 Å². The summed E-state index contributed by atoms with van der Waals surface area (Å²) >= 11 is 1.79. The molecule has 120 valence electrons. The van der Waals surface area contributed by atoms with Crippen LogP contribution in [0.3, 0.4) is 0 Å². The Morgan fingerprint density at radius 3 is 2.76 bits per heavy atom. The molecule has 6 heteroatoms. The van der Waals surface area contributed by atoms with Crippen LogP contribution in [0.1, 0.15) is 37.5 Å². The summed E-state index contributed by atoms with van der Waals surface area (Å²) in [6.07, 6.45) is 2.19. The number of halogens is 1. The van der Waals surface area contributed by atoms with Gasteiger partial charge in [0.15, 0.2) is 5.96 Å². The Bertz CT molecular complexity index is 432. The number of hydrogen-bond donors (Lipinski definition) is 3. The Labute approximate surface area is 148 Å². The molecule has 0 bridgehead atoms. The molecule has 0 aliphatic heterocycles. The van der Waals surface area contributed by atoms with Crippen LogP contribution >= 0.6 is 35.3 Å². The maximum absolute atomic E-state index is 9.33. The molecule has 1 aromatic rings. The molecule has 0 saturated heterocycles. The third-order valence-corrected chi connectivity index (χ3v) is 4.92. The highest BCUT2D eigenvalue weighted by atomic mass is 127. The number of aliphatic hydroxyl groups is 1. The van der Waals surface area contributed by atoms with E-state index in [1.165, 1.54) is 4.88 Å². The predicted molar refractivity (Wildman–Crippen MR) is 101 cm³/mol. The van der Waals surface area contributed by atoms with E-state index in [1.54, 1.807) is 11.3 Å². The van der Waals surface area contributed by atoms with Gasteiger partial charge in [0.05, 0.1) is 13.2 Å². The van der Waals surface area contributed by atoms with Gasteiger partial charge in [0, 0.05) is 29.3 Å². The minimum Gasteiger partial charge on any atom is -0.396 e. The van der Waals surface area contributed by atoms with Crippen molar-refractivity contribution < 1.29 is 5.11 Å². The molecule has 2 rings (SSSR count). The van der Waals surface area contributed by atoms with E-state index in [1.807, 2.05) is 0 Å². The number of nitrogens with zero attached hydrogens (tertiary/aromatic N) is 1. The number of aliphatic imine (C=N–C) groups is 1. The molecule has 1 aromatic heterocycles. The lowest BCUT2D eigenvalue weighted by atomic mass is 10.1. The lowest BCUT2D eigenvalue weighted by Gasteiger charge is -2.16. The molecular formula is C15H26IN3OS. The first kappa shape index (κ1) is 18.7. The van der Waals surface area contributed by atoms with Gasteiger partial charge < -0.3 is 15.7 Å². The van der Waals surface area contributed by atoms with Crippen LogP contribution in [-0.2, 0) is 0 Å². The van der Waals surface area contributed by atoms with Crippen LogP contribution in [0.5, 0.6) is 0 Å². The molecule has 1 fully saturated rings.